The summed E-state index contributed by atoms with van der Waals surface area (Å²) in [5, 5.41) is 16.2. The van der Waals surface area contributed by atoms with E-state index in [4.69, 9.17) is 16.3 Å². The Morgan fingerprint density at radius 1 is 1.27 bits per heavy atom. The number of hydrogen-bond donors (Lipinski definition) is 2. The molecule has 1 amide bonds. The lowest BCUT2D eigenvalue weighted by atomic mass is 9.91. The molecular weight excluding hydrogens is 438 g/mol. The number of hydrogen-bond acceptors (Lipinski definition) is 5. The lowest BCUT2D eigenvalue weighted by Crippen LogP contribution is -2.39. The van der Waals surface area contributed by atoms with Crippen molar-refractivity contribution < 1.29 is 14.7 Å². The van der Waals surface area contributed by atoms with Gasteiger partial charge in [-0.25, -0.2) is 5.06 Å². The van der Waals surface area contributed by atoms with Crippen molar-refractivity contribution in [3.05, 3.63) is 35.0 Å². The number of amides is 1. The number of aryl methyl sites for hydroxylation is 1. The van der Waals surface area contributed by atoms with Crippen molar-refractivity contribution in [2.75, 3.05) is 26.7 Å². The fraction of sp³-hybridized carbons (Fsp3) is 0.615. The molecule has 1 fully saturated rings. The first-order valence-corrected chi connectivity index (χ1v) is 12.7. The lowest BCUT2D eigenvalue weighted by molar-refractivity contribution is -0.171. The second-order valence-electron chi connectivity index (χ2n) is 9.14. The molecule has 1 aromatic heterocycles. The molecule has 33 heavy (non-hydrogen) atoms. The largest absolute Gasteiger partial charge is 0.497 e. The molecule has 6 nitrogen and oxygen atoms in total. The molecule has 0 spiro atoms. The number of methoxy groups -OCH3 is 1. The van der Waals surface area contributed by atoms with E-state index in [1.54, 1.807) is 13.3 Å². The smallest absolute Gasteiger partial charge is 0.249 e. The molecule has 2 heterocycles. The zero-order valence-corrected chi connectivity index (χ0v) is 20.7. The predicted octanol–water partition coefficient (Wildman–Crippen LogP) is 5.63. The Balaban J connectivity index is 1.50. The van der Waals surface area contributed by atoms with Crippen molar-refractivity contribution in [2.45, 2.75) is 64.7 Å². The molecule has 1 aliphatic rings. The topological polar surface area (TPSA) is 74.7 Å². The van der Waals surface area contributed by atoms with Gasteiger partial charge in [-0.2, -0.15) is 0 Å². The van der Waals surface area contributed by atoms with Crippen molar-refractivity contribution in [3.63, 3.8) is 0 Å². The Hall–Kier alpha value is -1.89. The molecule has 182 valence electrons. The molecule has 7 heteroatoms. The number of nitrogens with zero attached hydrogens (tertiary/aromatic N) is 2. The van der Waals surface area contributed by atoms with Crippen LogP contribution in [0.15, 0.2) is 24.4 Å². The van der Waals surface area contributed by atoms with Gasteiger partial charge in [0.05, 0.1) is 17.6 Å². The number of fused-ring (bicyclic) bond motifs is 1. The number of carbonyl (C=O) groups is 1. The summed E-state index contributed by atoms with van der Waals surface area (Å²) < 4.78 is 5.39. The van der Waals surface area contributed by atoms with Crippen molar-refractivity contribution in [2.24, 2.45) is 11.8 Å². The number of pyridine rings is 1. The molecule has 2 N–H and O–H groups in total. The van der Waals surface area contributed by atoms with Gasteiger partial charge in [0.2, 0.25) is 5.91 Å². The first-order valence-electron chi connectivity index (χ1n) is 12.4. The zero-order chi connectivity index (χ0) is 23.6. The maximum absolute atomic E-state index is 12.4. The van der Waals surface area contributed by atoms with Crippen LogP contribution in [0.2, 0.25) is 5.02 Å². The monoisotopic (exact) mass is 475 g/mol. The van der Waals surface area contributed by atoms with Crippen molar-refractivity contribution in [1.82, 2.24) is 15.4 Å². The van der Waals surface area contributed by atoms with Gasteiger partial charge in [-0.1, -0.05) is 37.8 Å². The third-order valence-corrected chi connectivity index (χ3v) is 7.12. The Kier molecular flexibility index (Phi) is 10.2. The average Bonchev–Trinajstić information content (AvgIpc) is 2.84. The molecule has 0 aliphatic carbocycles. The van der Waals surface area contributed by atoms with E-state index in [-0.39, 0.29) is 11.8 Å². The quantitative estimate of drug-likeness (QED) is 0.307. The second-order valence-corrected chi connectivity index (χ2v) is 9.55. The lowest BCUT2D eigenvalue weighted by Gasteiger charge is -2.26. The highest BCUT2D eigenvalue weighted by atomic mass is 35.5. The maximum atomic E-state index is 12.4. The highest BCUT2D eigenvalue weighted by molar-refractivity contribution is 6.32. The van der Waals surface area contributed by atoms with Crippen LogP contribution in [0.3, 0.4) is 0 Å². The molecule has 3 rings (SSSR count). The number of rotatable bonds is 12. The van der Waals surface area contributed by atoms with Crippen LogP contribution in [0.4, 0.5) is 0 Å². The molecule has 0 radical (unpaired) electrons. The van der Waals surface area contributed by atoms with Crippen molar-refractivity contribution in [3.8, 4) is 5.75 Å². The Morgan fingerprint density at radius 3 is 2.76 bits per heavy atom. The van der Waals surface area contributed by atoms with Gasteiger partial charge in [0.25, 0.3) is 0 Å². The summed E-state index contributed by atoms with van der Waals surface area (Å²) in [6, 6.07) is 5.91. The van der Waals surface area contributed by atoms with Crippen molar-refractivity contribution >= 4 is 28.4 Å². The Bertz CT molecular complexity index is 902. The minimum Gasteiger partial charge on any atom is -0.497 e. The van der Waals surface area contributed by atoms with Gasteiger partial charge >= 0.3 is 0 Å². The molecule has 1 aliphatic heterocycles. The van der Waals surface area contributed by atoms with Gasteiger partial charge in [-0.3, -0.25) is 15.0 Å². The molecule has 0 bridgehead atoms. The summed E-state index contributed by atoms with van der Waals surface area (Å²) in [6.45, 7) is 4.34. The Labute approximate surface area is 202 Å². The molecule has 1 unspecified atom stereocenters. The minimum atomic E-state index is -0.113. The number of nitrogens with one attached hydrogen (secondary N) is 1. The van der Waals surface area contributed by atoms with Gasteiger partial charge in [0.15, 0.2) is 0 Å². The molecule has 1 saturated heterocycles. The first-order chi connectivity index (χ1) is 16.0. The summed E-state index contributed by atoms with van der Waals surface area (Å²) in [5.41, 5.74) is 2.06. The zero-order valence-electron chi connectivity index (χ0n) is 20.0. The van der Waals surface area contributed by atoms with Crippen LogP contribution < -0.4 is 10.1 Å². The normalized spacial score (nSPS) is 15.5. The number of benzene rings is 1. The fourth-order valence-corrected chi connectivity index (χ4v) is 5.16. The van der Waals surface area contributed by atoms with Gasteiger partial charge in [-0.05, 0) is 81.3 Å². The summed E-state index contributed by atoms with van der Waals surface area (Å²) in [7, 11) is 1.67. The highest BCUT2D eigenvalue weighted by Gasteiger charge is 2.25. The maximum Gasteiger partial charge on any atom is 0.249 e. The van der Waals surface area contributed by atoms with Crippen molar-refractivity contribution in [1.29, 1.82) is 0 Å². The standard InChI is InChI=1S/C26H38ClN3O3/c1-3-6-19(8-5-16-30(32)26(31)20-12-14-28-15-13-20)7-4-9-22-23-17-21(33-2)10-11-25(23)29-18-24(22)27/h10-11,17-20,28,32H,3-9,12-16H2,1-2H3. The van der Waals surface area contributed by atoms with Gasteiger partial charge < -0.3 is 10.1 Å². The summed E-state index contributed by atoms with van der Waals surface area (Å²) in [6.07, 6.45) is 10.5. The number of hydroxylamine groups is 2. The van der Waals surface area contributed by atoms with Gasteiger partial charge in [0.1, 0.15) is 5.75 Å². The SMILES string of the molecule is CCCC(CCCc1c(Cl)cnc2ccc(OC)cc12)CCCN(O)C(=O)C1CCNCC1. The van der Waals surface area contributed by atoms with Crippen LogP contribution in [-0.2, 0) is 11.2 Å². The van der Waals surface area contributed by atoms with E-state index in [9.17, 15) is 10.0 Å². The molecular formula is C26H38ClN3O3. The van der Waals surface area contributed by atoms with E-state index in [1.807, 2.05) is 18.2 Å². The molecule has 1 atom stereocenters. The number of carbonyl (C=O) groups excluding carboxylic acids is 1. The van der Waals surface area contributed by atoms with E-state index < -0.39 is 0 Å². The van der Waals surface area contributed by atoms with E-state index >= 15 is 0 Å². The predicted molar refractivity (Wildman–Crippen MR) is 133 cm³/mol. The van der Waals surface area contributed by atoms with Crippen LogP contribution in [0.25, 0.3) is 10.9 Å². The van der Waals surface area contributed by atoms with Crippen LogP contribution in [0.5, 0.6) is 5.75 Å². The number of halogens is 1. The number of ether oxygens (including phenoxy) is 1. The first kappa shape index (κ1) is 25.7. The van der Waals surface area contributed by atoms with Crippen LogP contribution in [-0.4, -0.2) is 47.9 Å². The third-order valence-electron chi connectivity index (χ3n) is 6.80. The second kappa shape index (κ2) is 13.1. The molecule has 0 saturated carbocycles. The fourth-order valence-electron chi connectivity index (χ4n) is 4.91. The summed E-state index contributed by atoms with van der Waals surface area (Å²) in [4.78, 5) is 16.9. The summed E-state index contributed by atoms with van der Waals surface area (Å²) >= 11 is 6.51. The number of piperidine rings is 1. The third kappa shape index (κ3) is 7.29. The summed E-state index contributed by atoms with van der Waals surface area (Å²) in [5.74, 6) is 1.24. The van der Waals surface area contributed by atoms with Crippen LogP contribution in [0, 0.1) is 11.8 Å². The molecule has 1 aromatic carbocycles. The van der Waals surface area contributed by atoms with Crippen LogP contribution in [0.1, 0.15) is 63.9 Å². The van der Waals surface area contributed by atoms with E-state index in [0.29, 0.717) is 17.5 Å². The highest BCUT2D eigenvalue weighted by Crippen LogP contribution is 2.30. The Morgan fingerprint density at radius 2 is 2.03 bits per heavy atom. The van der Waals surface area contributed by atoms with E-state index in [1.165, 1.54) is 0 Å². The number of aromatic nitrogens is 1. The van der Waals surface area contributed by atoms with Crippen LogP contribution >= 0.6 is 11.6 Å². The van der Waals surface area contributed by atoms with Gasteiger partial charge in [-0.15, -0.1) is 0 Å². The van der Waals surface area contributed by atoms with Gasteiger partial charge in [0, 0.05) is 24.0 Å². The van der Waals surface area contributed by atoms with E-state index in [0.717, 1.165) is 98.2 Å². The average molecular weight is 476 g/mol. The van der Waals surface area contributed by atoms with E-state index in [2.05, 4.69) is 17.2 Å². The molecule has 2 aromatic rings. The minimum absolute atomic E-state index is 0.0405.